The largest absolute Gasteiger partial charge is 0.367 e. The summed E-state index contributed by atoms with van der Waals surface area (Å²) in [6.07, 6.45) is 1.56. The van der Waals surface area contributed by atoms with Crippen molar-refractivity contribution in [2.24, 2.45) is 0 Å². The minimum absolute atomic E-state index is 0.0325. The maximum absolute atomic E-state index is 12.6. The Labute approximate surface area is 140 Å². The number of morpholine rings is 1. The van der Waals surface area contributed by atoms with Gasteiger partial charge in [0, 0.05) is 19.7 Å². The van der Waals surface area contributed by atoms with Crippen LogP contribution in [0.5, 0.6) is 0 Å². The summed E-state index contributed by atoms with van der Waals surface area (Å²) in [5.41, 5.74) is 0.561. The Balaban J connectivity index is 1.75. The third-order valence-corrected chi connectivity index (χ3v) is 5.34. The molecule has 1 aromatic rings. The van der Waals surface area contributed by atoms with Crippen molar-refractivity contribution in [1.82, 2.24) is 9.80 Å². The lowest BCUT2D eigenvalue weighted by atomic mass is 9.94. The molecule has 2 fully saturated rings. The lowest BCUT2D eigenvalue weighted by Crippen LogP contribution is -2.50. The molecule has 23 heavy (non-hydrogen) atoms. The summed E-state index contributed by atoms with van der Waals surface area (Å²) in [4.78, 5) is 27.5. The molecule has 0 N–H and O–H groups in total. The molecule has 0 aliphatic carbocycles. The third kappa shape index (κ3) is 3.28. The lowest BCUT2D eigenvalue weighted by Gasteiger charge is -2.40. The van der Waals surface area contributed by atoms with E-state index in [1.54, 1.807) is 22.9 Å². The van der Waals surface area contributed by atoms with E-state index in [1.165, 1.54) is 11.8 Å². The number of nitrogens with zero attached hydrogens (tertiary/aromatic N) is 2. The molecule has 2 heterocycles. The highest BCUT2D eigenvalue weighted by Gasteiger charge is 2.35. The Bertz CT molecular complexity index is 646. The van der Waals surface area contributed by atoms with Crippen molar-refractivity contribution in [3.63, 3.8) is 0 Å². The molecule has 2 saturated heterocycles. The van der Waals surface area contributed by atoms with Crippen molar-refractivity contribution in [1.29, 1.82) is 0 Å². The minimum Gasteiger partial charge on any atom is -0.367 e. The normalized spacial score (nSPS) is 26.9. The van der Waals surface area contributed by atoms with Crippen LogP contribution in [0.2, 0.25) is 0 Å². The van der Waals surface area contributed by atoms with Crippen LogP contribution in [-0.4, -0.2) is 54.1 Å². The number of hydrogen-bond donors (Lipinski definition) is 0. The standard InChI is InChI=1S/C17H20N2O3S/c1-17(13-6-4-3-5-7-13)12-19(8-9-22-17)14(20)10-16-18(2)15(21)11-23-16/h3-7,10H,8-9,11-12H2,1-2H3/b16-10-. The molecule has 1 aromatic carbocycles. The summed E-state index contributed by atoms with van der Waals surface area (Å²) in [7, 11) is 1.70. The quantitative estimate of drug-likeness (QED) is 0.775. The zero-order valence-corrected chi connectivity index (χ0v) is 14.1. The van der Waals surface area contributed by atoms with Gasteiger partial charge in [0.15, 0.2) is 0 Å². The molecule has 122 valence electrons. The van der Waals surface area contributed by atoms with E-state index in [4.69, 9.17) is 4.74 Å². The number of carbonyl (C=O) groups is 2. The molecular formula is C17H20N2O3S. The van der Waals surface area contributed by atoms with Crippen LogP contribution >= 0.6 is 11.8 Å². The second-order valence-electron chi connectivity index (χ2n) is 5.93. The average Bonchev–Trinajstić information content (AvgIpc) is 2.88. The summed E-state index contributed by atoms with van der Waals surface area (Å²) in [6.45, 7) is 3.58. The predicted octanol–water partition coefficient (Wildman–Crippen LogP) is 1.81. The van der Waals surface area contributed by atoms with Gasteiger partial charge >= 0.3 is 0 Å². The van der Waals surface area contributed by atoms with E-state index in [0.29, 0.717) is 30.5 Å². The first-order chi connectivity index (χ1) is 11.0. The Hall–Kier alpha value is -1.79. The number of rotatable bonds is 2. The smallest absolute Gasteiger partial charge is 0.249 e. The molecule has 2 aliphatic heterocycles. The molecule has 0 bridgehead atoms. The predicted molar refractivity (Wildman–Crippen MR) is 89.6 cm³/mol. The van der Waals surface area contributed by atoms with Crippen LogP contribution in [0, 0.1) is 0 Å². The van der Waals surface area contributed by atoms with Gasteiger partial charge in [-0.15, -0.1) is 0 Å². The molecule has 2 amide bonds. The molecule has 0 spiro atoms. The van der Waals surface area contributed by atoms with Crippen molar-refractivity contribution in [2.45, 2.75) is 12.5 Å². The third-order valence-electron chi connectivity index (χ3n) is 4.27. The Morgan fingerprint density at radius 1 is 1.35 bits per heavy atom. The first kappa shape index (κ1) is 16.1. The van der Waals surface area contributed by atoms with Crippen molar-refractivity contribution >= 4 is 23.6 Å². The molecule has 1 atom stereocenters. The van der Waals surface area contributed by atoms with E-state index >= 15 is 0 Å². The zero-order valence-electron chi connectivity index (χ0n) is 13.3. The summed E-state index contributed by atoms with van der Waals surface area (Å²) >= 11 is 1.41. The fraction of sp³-hybridized carbons (Fsp3) is 0.412. The Morgan fingerprint density at radius 3 is 2.74 bits per heavy atom. The van der Waals surface area contributed by atoms with Gasteiger partial charge in [0.25, 0.3) is 0 Å². The molecule has 5 nitrogen and oxygen atoms in total. The van der Waals surface area contributed by atoms with Gasteiger partial charge in [-0.1, -0.05) is 42.1 Å². The van der Waals surface area contributed by atoms with E-state index in [2.05, 4.69) is 0 Å². The molecule has 3 rings (SSSR count). The Kier molecular flexibility index (Phi) is 4.46. The van der Waals surface area contributed by atoms with Gasteiger partial charge in [-0.3, -0.25) is 9.59 Å². The van der Waals surface area contributed by atoms with E-state index in [9.17, 15) is 9.59 Å². The molecule has 0 saturated carbocycles. The van der Waals surface area contributed by atoms with Crippen LogP contribution < -0.4 is 0 Å². The summed E-state index contributed by atoms with van der Waals surface area (Å²) in [6, 6.07) is 9.95. The van der Waals surface area contributed by atoms with Gasteiger partial charge in [0.2, 0.25) is 11.8 Å². The number of amides is 2. The molecular weight excluding hydrogens is 312 g/mol. The monoisotopic (exact) mass is 332 g/mol. The second-order valence-corrected chi connectivity index (χ2v) is 6.92. The number of hydrogen-bond acceptors (Lipinski definition) is 4. The zero-order chi connectivity index (χ0) is 16.4. The van der Waals surface area contributed by atoms with E-state index in [0.717, 1.165) is 5.56 Å². The molecule has 6 heteroatoms. The number of thioether (sulfide) groups is 1. The van der Waals surface area contributed by atoms with Gasteiger partial charge in [0.05, 0.1) is 23.9 Å². The van der Waals surface area contributed by atoms with Gasteiger partial charge in [-0.05, 0) is 12.5 Å². The number of benzene rings is 1. The van der Waals surface area contributed by atoms with E-state index in [-0.39, 0.29) is 11.8 Å². The van der Waals surface area contributed by atoms with Gasteiger partial charge in [0.1, 0.15) is 5.60 Å². The fourth-order valence-electron chi connectivity index (χ4n) is 2.81. The van der Waals surface area contributed by atoms with Crippen LogP contribution in [0.25, 0.3) is 0 Å². The summed E-state index contributed by atoms with van der Waals surface area (Å²) < 4.78 is 5.96. The van der Waals surface area contributed by atoms with Crippen LogP contribution in [0.1, 0.15) is 12.5 Å². The Morgan fingerprint density at radius 2 is 2.09 bits per heavy atom. The van der Waals surface area contributed by atoms with Crippen LogP contribution in [0.3, 0.4) is 0 Å². The maximum Gasteiger partial charge on any atom is 0.249 e. The van der Waals surface area contributed by atoms with Gasteiger partial charge in [-0.25, -0.2) is 0 Å². The maximum atomic E-state index is 12.6. The van der Waals surface area contributed by atoms with Crippen LogP contribution in [0.4, 0.5) is 0 Å². The highest BCUT2D eigenvalue weighted by Crippen LogP contribution is 2.31. The lowest BCUT2D eigenvalue weighted by molar-refractivity contribution is -0.144. The van der Waals surface area contributed by atoms with Crippen LogP contribution in [-0.2, 0) is 19.9 Å². The van der Waals surface area contributed by atoms with Crippen molar-refractivity contribution in [3.05, 3.63) is 47.0 Å². The van der Waals surface area contributed by atoms with Crippen molar-refractivity contribution < 1.29 is 14.3 Å². The molecule has 1 unspecified atom stereocenters. The second kappa shape index (κ2) is 6.37. The minimum atomic E-state index is -0.502. The van der Waals surface area contributed by atoms with E-state index in [1.807, 2.05) is 37.3 Å². The number of carbonyl (C=O) groups excluding carboxylic acids is 2. The van der Waals surface area contributed by atoms with Gasteiger partial charge < -0.3 is 14.5 Å². The van der Waals surface area contributed by atoms with Crippen LogP contribution in [0.15, 0.2) is 41.4 Å². The first-order valence-electron chi connectivity index (χ1n) is 7.59. The molecule has 2 aliphatic rings. The van der Waals surface area contributed by atoms with E-state index < -0.39 is 5.60 Å². The fourth-order valence-corrected chi connectivity index (χ4v) is 3.76. The van der Waals surface area contributed by atoms with Crippen molar-refractivity contribution in [2.75, 3.05) is 32.5 Å². The highest BCUT2D eigenvalue weighted by atomic mass is 32.2. The molecule has 0 aromatic heterocycles. The molecule has 0 radical (unpaired) electrons. The summed E-state index contributed by atoms with van der Waals surface area (Å²) in [5, 5.41) is 0.716. The SMILES string of the molecule is CN1C(=O)CS/C1=C\C(=O)N1CCOC(C)(c2ccccc2)C1. The first-order valence-corrected chi connectivity index (χ1v) is 8.58. The van der Waals surface area contributed by atoms with Crippen molar-refractivity contribution in [3.8, 4) is 0 Å². The summed E-state index contributed by atoms with van der Waals surface area (Å²) in [5.74, 6) is 0.366. The highest BCUT2D eigenvalue weighted by molar-refractivity contribution is 8.04. The van der Waals surface area contributed by atoms with Gasteiger partial charge in [-0.2, -0.15) is 0 Å². The number of ether oxygens (including phenoxy) is 1. The average molecular weight is 332 g/mol. The topological polar surface area (TPSA) is 49.9 Å².